The number of aromatic nitrogens is 6. The van der Waals surface area contributed by atoms with E-state index in [0.717, 1.165) is 48.4 Å². The van der Waals surface area contributed by atoms with E-state index in [1.165, 1.54) is 0 Å². The molecule has 0 atom stereocenters. The Morgan fingerprint density at radius 2 is 1.81 bits per heavy atom. The number of aryl methyl sites for hydroxylation is 1. The van der Waals surface area contributed by atoms with Gasteiger partial charge in [0.05, 0.1) is 0 Å². The molecule has 0 amide bonds. The van der Waals surface area contributed by atoms with Gasteiger partial charge in [-0.15, -0.1) is 15.3 Å². The lowest BCUT2D eigenvalue weighted by atomic mass is 10.1. The topological polar surface area (TPSA) is 78.6 Å². The van der Waals surface area contributed by atoms with Gasteiger partial charge in [0.25, 0.3) is 0 Å². The Morgan fingerprint density at radius 3 is 2.50 bits per heavy atom. The highest BCUT2D eigenvalue weighted by molar-refractivity contribution is 5.47. The lowest BCUT2D eigenvalue weighted by Crippen LogP contribution is -2.58. The van der Waals surface area contributed by atoms with Crippen LogP contribution in [0.25, 0.3) is 5.65 Å². The maximum Gasteiger partial charge on any atom is 0.224 e. The highest BCUT2D eigenvalue weighted by Gasteiger charge is 2.31. The van der Waals surface area contributed by atoms with Crippen LogP contribution in [0.4, 0.5) is 11.8 Å². The van der Waals surface area contributed by atoms with Crippen LogP contribution >= 0.6 is 0 Å². The van der Waals surface area contributed by atoms with Crippen molar-refractivity contribution >= 4 is 17.4 Å². The van der Waals surface area contributed by atoms with Gasteiger partial charge in [-0.05, 0) is 26.1 Å². The average Bonchev–Trinajstić information content (AvgIpc) is 2.95. The van der Waals surface area contributed by atoms with E-state index >= 15 is 0 Å². The van der Waals surface area contributed by atoms with Crippen molar-refractivity contribution in [2.24, 2.45) is 0 Å². The highest BCUT2D eigenvalue weighted by Crippen LogP contribution is 2.22. The predicted molar refractivity (Wildman–Crippen MR) is 99.3 cm³/mol. The van der Waals surface area contributed by atoms with E-state index < -0.39 is 0 Å². The SMILES string of the molecule is Cc1nnc2ccc(N3CC(N(C)Cc4cnc(N(C)C)nc4)C3)nn12. The Kier molecular flexibility index (Phi) is 4.15. The van der Waals surface area contributed by atoms with Gasteiger partial charge in [-0.3, -0.25) is 4.90 Å². The fraction of sp³-hybridized carbons (Fsp3) is 0.471. The molecule has 0 radical (unpaired) electrons. The van der Waals surface area contributed by atoms with E-state index in [2.05, 4.69) is 42.1 Å². The number of hydrogen-bond acceptors (Lipinski definition) is 8. The van der Waals surface area contributed by atoms with Gasteiger partial charge in [0.1, 0.15) is 5.82 Å². The van der Waals surface area contributed by atoms with Crippen LogP contribution in [0, 0.1) is 6.92 Å². The van der Waals surface area contributed by atoms with Gasteiger partial charge in [-0.25, -0.2) is 9.97 Å². The molecular weight excluding hydrogens is 330 g/mol. The molecule has 1 aliphatic rings. The third-order valence-electron chi connectivity index (χ3n) is 4.74. The summed E-state index contributed by atoms with van der Waals surface area (Å²) in [6, 6.07) is 4.46. The number of anilines is 2. The van der Waals surface area contributed by atoms with Crippen molar-refractivity contribution in [3.8, 4) is 0 Å². The molecule has 1 saturated heterocycles. The van der Waals surface area contributed by atoms with Crippen molar-refractivity contribution in [3.05, 3.63) is 35.9 Å². The average molecular weight is 353 g/mol. The zero-order chi connectivity index (χ0) is 18.3. The number of hydrogen-bond donors (Lipinski definition) is 0. The van der Waals surface area contributed by atoms with Crippen LogP contribution in [0.3, 0.4) is 0 Å². The molecule has 1 fully saturated rings. The second kappa shape index (κ2) is 6.49. The maximum atomic E-state index is 4.64. The number of likely N-dealkylation sites (N-methyl/N-ethyl adjacent to an activating group) is 1. The smallest absolute Gasteiger partial charge is 0.224 e. The van der Waals surface area contributed by atoms with Gasteiger partial charge in [-0.2, -0.15) is 4.52 Å². The molecule has 0 bridgehead atoms. The fourth-order valence-electron chi connectivity index (χ4n) is 3.05. The molecule has 0 aromatic carbocycles. The maximum absolute atomic E-state index is 4.64. The predicted octanol–water partition coefficient (Wildman–Crippen LogP) is 0.609. The van der Waals surface area contributed by atoms with E-state index in [4.69, 9.17) is 0 Å². The molecule has 136 valence electrons. The van der Waals surface area contributed by atoms with Crippen molar-refractivity contribution in [1.82, 2.24) is 34.7 Å². The number of nitrogens with zero attached hydrogens (tertiary/aromatic N) is 9. The van der Waals surface area contributed by atoms with Crippen molar-refractivity contribution < 1.29 is 0 Å². The third-order valence-corrected chi connectivity index (χ3v) is 4.74. The molecule has 0 saturated carbocycles. The first-order valence-corrected chi connectivity index (χ1v) is 8.64. The van der Waals surface area contributed by atoms with Crippen LogP contribution in [0.15, 0.2) is 24.5 Å². The number of fused-ring (bicyclic) bond motifs is 1. The summed E-state index contributed by atoms with van der Waals surface area (Å²) in [5.41, 5.74) is 1.90. The van der Waals surface area contributed by atoms with Gasteiger partial charge in [0.2, 0.25) is 5.95 Å². The van der Waals surface area contributed by atoms with E-state index in [1.54, 1.807) is 4.52 Å². The lowest BCUT2D eigenvalue weighted by molar-refractivity contribution is 0.196. The second-order valence-electron chi connectivity index (χ2n) is 6.97. The summed E-state index contributed by atoms with van der Waals surface area (Å²) in [4.78, 5) is 15.3. The molecule has 26 heavy (non-hydrogen) atoms. The molecule has 9 heteroatoms. The van der Waals surface area contributed by atoms with Gasteiger partial charge in [0, 0.05) is 57.7 Å². The van der Waals surface area contributed by atoms with Crippen LogP contribution in [0.2, 0.25) is 0 Å². The van der Waals surface area contributed by atoms with Gasteiger partial charge in [-0.1, -0.05) is 0 Å². The molecular formula is C17H23N9. The fourth-order valence-corrected chi connectivity index (χ4v) is 3.05. The summed E-state index contributed by atoms with van der Waals surface area (Å²) in [6.45, 7) is 4.65. The largest absolute Gasteiger partial charge is 0.352 e. The molecule has 4 rings (SSSR count). The summed E-state index contributed by atoms with van der Waals surface area (Å²) >= 11 is 0. The Hall–Kier alpha value is -2.81. The highest BCUT2D eigenvalue weighted by atomic mass is 15.4. The first-order chi connectivity index (χ1) is 12.5. The van der Waals surface area contributed by atoms with Crippen LogP contribution in [0.5, 0.6) is 0 Å². The quantitative estimate of drug-likeness (QED) is 0.660. The van der Waals surface area contributed by atoms with E-state index in [-0.39, 0.29) is 0 Å². The second-order valence-corrected chi connectivity index (χ2v) is 6.97. The lowest BCUT2D eigenvalue weighted by Gasteiger charge is -2.44. The number of rotatable bonds is 5. The molecule has 0 spiro atoms. The minimum Gasteiger partial charge on any atom is -0.352 e. The minimum atomic E-state index is 0.489. The summed E-state index contributed by atoms with van der Waals surface area (Å²) in [7, 11) is 6.02. The van der Waals surface area contributed by atoms with Crippen LogP contribution < -0.4 is 9.80 Å². The molecule has 1 aliphatic heterocycles. The molecule has 4 heterocycles. The van der Waals surface area contributed by atoms with E-state index in [1.807, 2.05) is 50.4 Å². The Bertz CT molecular complexity index is 896. The van der Waals surface area contributed by atoms with Gasteiger partial charge in [0.15, 0.2) is 11.5 Å². The zero-order valence-electron chi connectivity index (χ0n) is 15.5. The van der Waals surface area contributed by atoms with Gasteiger partial charge >= 0.3 is 0 Å². The van der Waals surface area contributed by atoms with Crippen LogP contribution in [-0.4, -0.2) is 75.0 Å². The van der Waals surface area contributed by atoms with Crippen molar-refractivity contribution in [2.75, 3.05) is 44.0 Å². The Morgan fingerprint density at radius 1 is 1.08 bits per heavy atom. The first kappa shape index (κ1) is 16.6. The molecule has 0 aliphatic carbocycles. The van der Waals surface area contributed by atoms with Crippen molar-refractivity contribution in [1.29, 1.82) is 0 Å². The van der Waals surface area contributed by atoms with Crippen molar-refractivity contribution in [2.45, 2.75) is 19.5 Å². The zero-order valence-corrected chi connectivity index (χ0v) is 15.5. The monoisotopic (exact) mass is 353 g/mol. The first-order valence-electron chi connectivity index (χ1n) is 8.64. The minimum absolute atomic E-state index is 0.489. The Labute approximate surface area is 152 Å². The van der Waals surface area contributed by atoms with Gasteiger partial charge < -0.3 is 9.80 Å². The normalized spacial score (nSPS) is 14.9. The molecule has 0 N–H and O–H groups in total. The van der Waals surface area contributed by atoms with E-state index in [9.17, 15) is 0 Å². The van der Waals surface area contributed by atoms with Crippen LogP contribution in [-0.2, 0) is 6.54 Å². The molecule has 3 aromatic rings. The molecule has 9 nitrogen and oxygen atoms in total. The summed E-state index contributed by atoms with van der Waals surface area (Å²) < 4.78 is 1.79. The standard InChI is InChI=1S/C17H23N9/c1-12-20-21-15-5-6-16(22-26(12)15)25-10-14(11-25)24(4)9-13-7-18-17(19-8-13)23(2)3/h5-8,14H,9-11H2,1-4H3. The van der Waals surface area contributed by atoms with E-state index in [0.29, 0.717) is 6.04 Å². The van der Waals surface area contributed by atoms with Crippen LogP contribution in [0.1, 0.15) is 11.4 Å². The summed E-state index contributed by atoms with van der Waals surface area (Å²) in [5, 5.41) is 12.8. The third kappa shape index (κ3) is 3.05. The molecule has 0 unspecified atom stereocenters. The summed E-state index contributed by atoms with van der Waals surface area (Å²) in [5.74, 6) is 2.50. The van der Waals surface area contributed by atoms with Crippen molar-refractivity contribution in [3.63, 3.8) is 0 Å². The Balaban J connectivity index is 1.36. The molecule has 3 aromatic heterocycles. The summed E-state index contributed by atoms with van der Waals surface area (Å²) in [6.07, 6.45) is 3.80.